The number of para-hydroxylation sites is 1. The molecule has 33 heavy (non-hydrogen) atoms. The molecule has 0 N–H and O–H groups in total. The maximum Gasteiger partial charge on any atom is 0.414 e. The van der Waals surface area contributed by atoms with Gasteiger partial charge in [0.1, 0.15) is 6.10 Å². The Hall–Kier alpha value is -3.94. The molecule has 2 amide bonds. The summed E-state index contributed by atoms with van der Waals surface area (Å²) in [5, 5.41) is 0. The Morgan fingerprint density at radius 3 is 2.79 bits per heavy atom. The number of carbonyl (C=O) groups is 2. The summed E-state index contributed by atoms with van der Waals surface area (Å²) in [6, 6.07) is 13.4. The van der Waals surface area contributed by atoms with E-state index in [0.717, 1.165) is 17.7 Å². The molecule has 1 aliphatic rings. The van der Waals surface area contributed by atoms with Crippen molar-refractivity contribution in [1.82, 2.24) is 14.9 Å². The lowest BCUT2D eigenvalue weighted by molar-refractivity contribution is -0.125. The van der Waals surface area contributed by atoms with Crippen LogP contribution in [0.25, 0.3) is 17.1 Å². The smallest absolute Gasteiger partial charge is 0.414 e. The van der Waals surface area contributed by atoms with Gasteiger partial charge in [0.2, 0.25) is 11.8 Å². The lowest BCUT2D eigenvalue weighted by atomic mass is 10.1. The minimum atomic E-state index is -0.404. The lowest BCUT2D eigenvalue weighted by Gasteiger charge is -2.18. The molecule has 0 bridgehead atoms. The number of hydrogen-bond donors (Lipinski definition) is 0. The Kier molecular flexibility index (Phi) is 6.53. The van der Waals surface area contributed by atoms with E-state index in [2.05, 4.69) is 16.9 Å². The largest absolute Gasteiger partial charge is 0.480 e. The summed E-state index contributed by atoms with van der Waals surface area (Å²) in [6.45, 7) is 2.77. The number of methoxy groups -OCH3 is 1. The standard InChI is InChI=1S/C25H26N4O4/c1-4-17-8-11-19(12-9-17)29-16-20(33-25(29)31)15-28(2)23(30)13-10-18-6-5-7-21-24(18)27-22(32-3)14-26-21/h5-14,20H,4,15-16H2,1-3H3. The summed E-state index contributed by atoms with van der Waals surface area (Å²) in [5.74, 6) is 0.202. The fraction of sp³-hybridized carbons (Fsp3) is 0.280. The Balaban J connectivity index is 1.40. The topological polar surface area (TPSA) is 84.9 Å². The highest BCUT2D eigenvalue weighted by Gasteiger charge is 2.33. The Morgan fingerprint density at radius 1 is 1.27 bits per heavy atom. The first-order chi connectivity index (χ1) is 16.0. The number of ether oxygens (including phenoxy) is 2. The predicted molar refractivity (Wildman–Crippen MR) is 126 cm³/mol. The molecule has 2 heterocycles. The second-order valence-corrected chi connectivity index (χ2v) is 7.82. The van der Waals surface area contributed by atoms with Crippen LogP contribution < -0.4 is 9.64 Å². The number of aromatic nitrogens is 2. The second-order valence-electron chi connectivity index (χ2n) is 7.82. The normalized spacial score (nSPS) is 15.8. The summed E-state index contributed by atoms with van der Waals surface area (Å²) in [4.78, 5) is 36.9. The summed E-state index contributed by atoms with van der Waals surface area (Å²) < 4.78 is 10.6. The fourth-order valence-electron chi connectivity index (χ4n) is 3.69. The van der Waals surface area contributed by atoms with Gasteiger partial charge in [-0.15, -0.1) is 0 Å². The molecule has 3 aromatic rings. The molecule has 0 spiro atoms. The van der Waals surface area contributed by atoms with E-state index >= 15 is 0 Å². The highest BCUT2D eigenvalue weighted by Crippen LogP contribution is 2.23. The molecule has 1 unspecified atom stereocenters. The van der Waals surface area contributed by atoms with Gasteiger partial charge < -0.3 is 14.4 Å². The van der Waals surface area contributed by atoms with Crippen LogP contribution in [0.4, 0.5) is 10.5 Å². The number of cyclic esters (lactones) is 1. The Labute approximate surface area is 192 Å². The summed E-state index contributed by atoms with van der Waals surface area (Å²) in [5.41, 5.74) is 4.12. The first-order valence-corrected chi connectivity index (χ1v) is 10.8. The van der Waals surface area contributed by atoms with Crippen LogP contribution in [0, 0.1) is 0 Å². The lowest BCUT2D eigenvalue weighted by Crippen LogP contribution is -2.35. The number of fused-ring (bicyclic) bond motifs is 1. The SMILES string of the molecule is CCc1ccc(N2CC(CN(C)C(=O)C=Cc3cccc4ncc(OC)nc34)OC2=O)cc1. The van der Waals surface area contributed by atoms with Crippen molar-refractivity contribution < 1.29 is 19.1 Å². The van der Waals surface area contributed by atoms with E-state index in [1.807, 2.05) is 42.5 Å². The van der Waals surface area contributed by atoms with Crippen molar-refractivity contribution in [3.05, 3.63) is 65.9 Å². The minimum absolute atomic E-state index is 0.204. The molecule has 1 saturated heterocycles. The van der Waals surface area contributed by atoms with Crippen LogP contribution in [0.15, 0.2) is 54.7 Å². The van der Waals surface area contributed by atoms with Crippen LogP contribution in [0.2, 0.25) is 0 Å². The molecule has 1 aliphatic heterocycles. The first-order valence-electron chi connectivity index (χ1n) is 10.8. The van der Waals surface area contributed by atoms with E-state index in [0.29, 0.717) is 30.0 Å². The van der Waals surface area contributed by atoms with E-state index in [1.165, 1.54) is 23.6 Å². The number of aryl methyl sites for hydroxylation is 1. The van der Waals surface area contributed by atoms with Gasteiger partial charge in [0.25, 0.3) is 0 Å². The van der Waals surface area contributed by atoms with Crippen molar-refractivity contribution in [1.29, 1.82) is 0 Å². The van der Waals surface area contributed by atoms with Crippen molar-refractivity contribution >= 4 is 34.8 Å². The van der Waals surface area contributed by atoms with Gasteiger partial charge in [-0.05, 0) is 36.3 Å². The average molecular weight is 447 g/mol. The van der Waals surface area contributed by atoms with E-state index in [1.54, 1.807) is 24.2 Å². The third kappa shape index (κ3) is 4.95. The Bertz CT molecular complexity index is 1190. The third-order valence-electron chi connectivity index (χ3n) is 5.58. The maximum absolute atomic E-state index is 12.7. The number of amides is 2. The number of benzene rings is 2. The van der Waals surface area contributed by atoms with Crippen molar-refractivity contribution in [2.45, 2.75) is 19.4 Å². The number of nitrogens with zero attached hydrogens (tertiary/aromatic N) is 4. The highest BCUT2D eigenvalue weighted by molar-refractivity contribution is 5.95. The van der Waals surface area contributed by atoms with Crippen molar-refractivity contribution in [3.8, 4) is 5.88 Å². The van der Waals surface area contributed by atoms with Crippen molar-refractivity contribution in [2.75, 3.05) is 32.1 Å². The van der Waals surface area contributed by atoms with E-state index < -0.39 is 12.2 Å². The molecule has 0 saturated carbocycles. The minimum Gasteiger partial charge on any atom is -0.480 e. The summed E-state index contributed by atoms with van der Waals surface area (Å²) in [6.07, 6.45) is 4.87. The molecule has 1 aromatic heterocycles. The van der Waals surface area contributed by atoms with Gasteiger partial charge in [0.05, 0.1) is 37.4 Å². The number of likely N-dealkylation sites (N-methyl/N-ethyl adjacent to an activating group) is 1. The fourth-order valence-corrected chi connectivity index (χ4v) is 3.69. The van der Waals surface area contributed by atoms with Gasteiger partial charge >= 0.3 is 6.09 Å². The molecule has 1 fully saturated rings. The predicted octanol–water partition coefficient (Wildman–Crippen LogP) is 3.70. The molecule has 2 aromatic carbocycles. The molecule has 170 valence electrons. The van der Waals surface area contributed by atoms with Crippen molar-refractivity contribution in [3.63, 3.8) is 0 Å². The molecule has 0 aliphatic carbocycles. The van der Waals surface area contributed by atoms with Crippen LogP contribution in [0.1, 0.15) is 18.1 Å². The quantitative estimate of drug-likeness (QED) is 0.515. The first kappa shape index (κ1) is 22.3. The average Bonchev–Trinajstić information content (AvgIpc) is 3.21. The van der Waals surface area contributed by atoms with Crippen LogP contribution in [0.3, 0.4) is 0 Å². The van der Waals surface area contributed by atoms with Gasteiger partial charge in [-0.25, -0.2) is 14.8 Å². The molecule has 8 heteroatoms. The van der Waals surface area contributed by atoms with Gasteiger partial charge in [-0.1, -0.05) is 31.2 Å². The molecule has 4 rings (SSSR count). The zero-order chi connectivity index (χ0) is 23.4. The monoisotopic (exact) mass is 446 g/mol. The third-order valence-corrected chi connectivity index (χ3v) is 5.58. The summed E-state index contributed by atoms with van der Waals surface area (Å²) >= 11 is 0. The highest BCUT2D eigenvalue weighted by atomic mass is 16.6. The number of hydrogen-bond acceptors (Lipinski definition) is 6. The second kappa shape index (κ2) is 9.68. The molecule has 8 nitrogen and oxygen atoms in total. The van der Waals surface area contributed by atoms with E-state index in [-0.39, 0.29) is 5.91 Å². The zero-order valence-corrected chi connectivity index (χ0v) is 18.9. The molecular weight excluding hydrogens is 420 g/mol. The molecule has 1 atom stereocenters. The molecular formula is C25H26N4O4. The number of anilines is 1. The van der Waals surface area contributed by atoms with Gasteiger partial charge in [0, 0.05) is 24.4 Å². The van der Waals surface area contributed by atoms with Gasteiger partial charge in [-0.3, -0.25) is 9.69 Å². The Morgan fingerprint density at radius 2 is 2.06 bits per heavy atom. The van der Waals surface area contributed by atoms with Crippen molar-refractivity contribution in [2.24, 2.45) is 0 Å². The van der Waals surface area contributed by atoms with E-state index in [9.17, 15) is 9.59 Å². The van der Waals surface area contributed by atoms with E-state index in [4.69, 9.17) is 9.47 Å². The zero-order valence-electron chi connectivity index (χ0n) is 18.9. The molecule has 0 radical (unpaired) electrons. The van der Waals surface area contributed by atoms with Gasteiger partial charge in [-0.2, -0.15) is 0 Å². The van der Waals surface area contributed by atoms with Crippen LogP contribution in [-0.2, 0) is 16.0 Å². The summed E-state index contributed by atoms with van der Waals surface area (Å²) in [7, 11) is 3.22. The number of carbonyl (C=O) groups excluding carboxylic acids is 2. The van der Waals surface area contributed by atoms with Crippen LogP contribution in [-0.4, -0.2) is 60.2 Å². The van der Waals surface area contributed by atoms with Crippen LogP contribution >= 0.6 is 0 Å². The van der Waals surface area contributed by atoms with Crippen LogP contribution in [0.5, 0.6) is 5.88 Å². The maximum atomic E-state index is 12.7. The van der Waals surface area contributed by atoms with Gasteiger partial charge in [0.15, 0.2) is 0 Å². The number of rotatable bonds is 7.